The van der Waals surface area contributed by atoms with Crippen LogP contribution in [0.15, 0.2) is 88.9 Å². The normalized spacial score (nSPS) is 16.8. The maximum absolute atomic E-state index is 14.6. The first-order chi connectivity index (χ1) is 36.9. The molecule has 2 saturated heterocycles. The van der Waals surface area contributed by atoms with Gasteiger partial charge in [-0.2, -0.15) is 25.6 Å². The van der Waals surface area contributed by atoms with Crippen LogP contribution < -0.4 is 40.2 Å². The molecular formula is C54H77F2IN12O8S2. The van der Waals surface area contributed by atoms with Crippen molar-refractivity contribution in [3.8, 4) is 34.3 Å². The molecule has 2 amide bonds. The molecule has 6 aromatic rings. The summed E-state index contributed by atoms with van der Waals surface area (Å²) in [5.74, 6) is -0.973. The second kappa shape index (κ2) is 23.8. The number of carbonyl (C=O) groups excluding carboxylic acids is 2. The molecular weight excluding hydrogens is 1170 g/mol. The Bertz CT molecular complexity index is 3530. The molecule has 0 aliphatic carbocycles. The van der Waals surface area contributed by atoms with Crippen molar-refractivity contribution in [1.29, 1.82) is 0 Å². The number of pyridine rings is 6. The van der Waals surface area contributed by atoms with Crippen molar-refractivity contribution in [1.82, 2.24) is 39.3 Å². The third-order valence-electron chi connectivity index (χ3n) is 12.7. The summed E-state index contributed by atoms with van der Waals surface area (Å²) in [5.41, 5.74) is 11.7. The van der Waals surface area contributed by atoms with E-state index in [0.29, 0.717) is 64.6 Å². The minimum absolute atomic E-state index is 0. The first kappa shape index (κ1) is 59.8. The Hall–Kier alpha value is -6.87. The molecule has 2 aliphatic rings. The molecule has 0 unspecified atom stereocenters. The molecule has 2 fully saturated rings. The first-order valence-electron chi connectivity index (χ1n) is 25.4. The van der Waals surface area contributed by atoms with Crippen LogP contribution in [0.5, 0.6) is 11.5 Å². The van der Waals surface area contributed by atoms with Crippen molar-refractivity contribution in [2.45, 2.75) is 103 Å². The molecule has 20 nitrogen and oxygen atoms in total. The molecule has 0 saturated carbocycles. The zero-order valence-corrected chi connectivity index (χ0v) is 49.3. The Morgan fingerprint density at radius 1 is 0.646 bits per heavy atom. The summed E-state index contributed by atoms with van der Waals surface area (Å²) in [4.78, 5) is 56.1. The number of sulfonamides is 2. The van der Waals surface area contributed by atoms with E-state index in [2.05, 4.69) is 43.2 Å². The van der Waals surface area contributed by atoms with Crippen LogP contribution >= 0.6 is 22.6 Å². The summed E-state index contributed by atoms with van der Waals surface area (Å²) in [6, 6.07) is 18.4. The Morgan fingerprint density at radius 3 is 1.53 bits per heavy atom. The SMILES string of the molecule is CC(C)COc1cc(F)nc(-c2ccc(C(=O)NS(=O)(=O)c3cccc(N)n3)c(N3C[C@@H](C)CC3(C)C)n2)c1.CC(C)COc1cc(F)nc(-c2nc(N3C[C@@H](C)CC3(C)C)c(C(=O)NS(=O)(=O)c3cccc(N)n3)cc2I)c1.[HH].[HH].[HH].[HH].[HH].[HH]. The monoisotopic (exact) mass is 1250 g/mol. The number of carbonyl (C=O) groups is 2. The molecule has 0 bridgehead atoms. The van der Waals surface area contributed by atoms with Gasteiger partial charge in [-0.1, -0.05) is 53.7 Å². The van der Waals surface area contributed by atoms with Gasteiger partial charge in [-0.05, 0) is 129 Å². The predicted octanol–water partition coefficient (Wildman–Crippen LogP) is 10.2. The van der Waals surface area contributed by atoms with Gasteiger partial charge in [0, 0.05) is 60.6 Å². The number of nitrogens with one attached hydrogen (secondary N) is 2. The van der Waals surface area contributed by atoms with Crippen molar-refractivity contribution in [2.75, 3.05) is 47.6 Å². The molecule has 2 aliphatic heterocycles. The fraction of sp³-hybridized carbons (Fsp3) is 0.407. The number of ether oxygens (including phenoxy) is 2. The third-order valence-corrected chi connectivity index (χ3v) is 16.0. The van der Waals surface area contributed by atoms with Gasteiger partial charge >= 0.3 is 0 Å². The van der Waals surface area contributed by atoms with Gasteiger partial charge in [0.25, 0.3) is 31.9 Å². The number of rotatable bonds is 16. The molecule has 8 rings (SSSR count). The molecule has 0 aromatic carbocycles. The highest BCUT2D eigenvalue weighted by atomic mass is 127. The van der Waals surface area contributed by atoms with E-state index < -0.39 is 43.8 Å². The number of anilines is 4. The topological polar surface area (TPSA) is 281 Å². The summed E-state index contributed by atoms with van der Waals surface area (Å²) in [6.45, 7) is 22.2. The van der Waals surface area contributed by atoms with E-state index in [0.717, 1.165) is 12.8 Å². The maximum Gasteiger partial charge on any atom is 0.281 e. The molecule has 25 heteroatoms. The number of aromatic nitrogens is 6. The lowest BCUT2D eigenvalue weighted by Gasteiger charge is -2.34. The lowest BCUT2D eigenvalue weighted by molar-refractivity contribution is 0.0972. The van der Waals surface area contributed by atoms with Crippen LogP contribution in [0.3, 0.4) is 0 Å². The zero-order valence-electron chi connectivity index (χ0n) is 45.5. The van der Waals surface area contributed by atoms with Crippen LogP contribution in [-0.2, 0) is 20.0 Å². The fourth-order valence-corrected chi connectivity index (χ4v) is 12.0. The standard InChI is InChI=1S/C27H32FIN6O4S.C27H33FN6O4S.6H2/c1-15(2)14-39-17-9-20(31-21(28)10-17)24-19(29)11-18(25(33-24)35-13-16(3)12-27(35,4)5)26(36)34-40(37,38)23-8-6-7-22(30)32-23;1-16(2)15-38-18-11-21(30-22(28)12-18)20-10-9-19(25(31-20)34-14-17(3)13-27(34,4)5)26(35)33-39(36,37)24-8-6-7-23(29)32-24;;;;;;/h6-11,15-16H,12-14H2,1-5H3,(H2,30,32)(H,34,36);6-12,16-17H,13-15H2,1-5H3,(H2,29,32)(H,33,35);6*1H/t16-;17-;;;;;;/m00....../s1. The molecule has 6 aromatic heterocycles. The van der Waals surface area contributed by atoms with Crippen molar-refractivity contribution < 1.29 is 53.2 Å². The highest BCUT2D eigenvalue weighted by Gasteiger charge is 2.41. The number of nitrogens with zero attached hydrogens (tertiary/aromatic N) is 8. The minimum Gasteiger partial charge on any atom is -0.493 e. The summed E-state index contributed by atoms with van der Waals surface area (Å²) in [5, 5.41) is -0.760. The Morgan fingerprint density at radius 2 is 1.09 bits per heavy atom. The lowest BCUT2D eigenvalue weighted by Crippen LogP contribution is -2.41. The van der Waals surface area contributed by atoms with Crippen LogP contribution in [0.1, 0.15) is 111 Å². The quantitative estimate of drug-likeness (QED) is 0.0518. The van der Waals surface area contributed by atoms with Gasteiger partial charge in [0.2, 0.25) is 11.9 Å². The summed E-state index contributed by atoms with van der Waals surface area (Å²) >= 11 is 1.98. The van der Waals surface area contributed by atoms with Gasteiger partial charge in [0.1, 0.15) is 40.5 Å². The van der Waals surface area contributed by atoms with E-state index in [9.17, 15) is 35.2 Å². The van der Waals surface area contributed by atoms with Crippen LogP contribution in [0.4, 0.5) is 32.1 Å². The second-order valence-corrected chi connectivity index (χ2v) is 26.2. The summed E-state index contributed by atoms with van der Waals surface area (Å²) < 4.78 is 96.8. The third kappa shape index (κ3) is 14.7. The van der Waals surface area contributed by atoms with Gasteiger partial charge in [0.05, 0.1) is 41.4 Å². The van der Waals surface area contributed by atoms with Crippen molar-refractivity contribution in [3.63, 3.8) is 0 Å². The average molecular weight is 1250 g/mol. The maximum atomic E-state index is 14.6. The van der Waals surface area contributed by atoms with Crippen LogP contribution in [0, 0.1) is 39.1 Å². The number of hydrogen-bond donors (Lipinski definition) is 4. The van der Waals surface area contributed by atoms with Crippen molar-refractivity contribution >= 4 is 77.7 Å². The van der Waals surface area contributed by atoms with Crippen molar-refractivity contribution in [3.05, 3.63) is 105 Å². The molecule has 6 N–H and O–H groups in total. The van der Waals surface area contributed by atoms with Crippen LogP contribution in [0.25, 0.3) is 22.8 Å². The Balaban J connectivity index is 0.000000794. The van der Waals surface area contributed by atoms with E-state index in [1.165, 1.54) is 66.7 Å². The van der Waals surface area contributed by atoms with E-state index in [1.807, 2.05) is 87.8 Å². The summed E-state index contributed by atoms with van der Waals surface area (Å²) in [6.07, 6.45) is 1.66. The number of amides is 2. The highest BCUT2D eigenvalue weighted by molar-refractivity contribution is 14.1. The van der Waals surface area contributed by atoms with E-state index >= 15 is 0 Å². The van der Waals surface area contributed by atoms with Gasteiger partial charge in [0.15, 0.2) is 10.1 Å². The molecule has 79 heavy (non-hydrogen) atoms. The Kier molecular flexibility index (Phi) is 18.0. The zero-order chi connectivity index (χ0) is 57.9. The fourth-order valence-electron chi connectivity index (χ4n) is 9.44. The Labute approximate surface area is 482 Å². The molecule has 0 spiro atoms. The molecule has 2 atom stereocenters. The molecule has 0 radical (unpaired) electrons. The van der Waals surface area contributed by atoms with Gasteiger partial charge in [-0.3, -0.25) is 9.59 Å². The van der Waals surface area contributed by atoms with E-state index in [-0.39, 0.29) is 87.3 Å². The van der Waals surface area contributed by atoms with Gasteiger partial charge < -0.3 is 30.7 Å². The van der Waals surface area contributed by atoms with Crippen LogP contribution in [-0.4, -0.2) is 95.9 Å². The van der Waals surface area contributed by atoms with E-state index in [1.54, 1.807) is 12.1 Å². The van der Waals surface area contributed by atoms with Crippen molar-refractivity contribution in [2.24, 2.45) is 23.7 Å². The number of nitrogen functional groups attached to an aromatic ring is 2. The molecule has 434 valence electrons. The number of halogens is 3. The summed E-state index contributed by atoms with van der Waals surface area (Å²) in [7, 11) is -8.64. The molecule has 8 heterocycles. The highest BCUT2D eigenvalue weighted by Crippen LogP contribution is 2.41. The van der Waals surface area contributed by atoms with Gasteiger partial charge in [-0.15, -0.1) is 0 Å². The van der Waals surface area contributed by atoms with Gasteiger partial charge in [-0.25, -0.2) is 39.3 Å². The number of nitrogens with two attached hydrogens (primary N) is 2. The second-order valence-electron chi connectivity index (χ2n) is 21.8. The smallest absolute Gasteiger partial charge is 0.281 e. The number of hydrogen-bond acceptors (Lipinski definition) is 18. The van der Waals surface area contributed by atoms with E-state index in [4.69, 9.17) is 30.9 Å². The van der Waals surface area contributed by atoms with Crippen LogP contribution in [0.2, 0.25) is 0 Å². The average Bonchev–Trinajstić information content (AvgIpc) is 3.80. The minimum atomic E-state index is -4.33. The largest absolute Gasteiger partial charge is 0.493 e. The predicted molar refractivity (Wildman–Crippen MR) is 318 cm³/mol. The first-order valence-corrected chi connectivity index (χ1v) is 29.4. The lowest BCUT2D eigenvalue weighted by atomic mass is 9.97.